The lowest BCUT2D eigenvalue weighted by Crippen LogP contribution is -2.31. The maximum absolute atomic E-state index is 12.6. The topological polar surface area (TPSA) is 75.9 Å². The van der Waals surface area contributed by atoms with Crippen LogP contribution in [0, 0.1) is 6.92 Å². The van der Waals surface area contributed by atoms with E-state index >= 15 is 0 Å². The molecule has 134 valence electrons. The summed E-state index contributed by atoms with van der Waals surface area (Å²) in [6.07, 6.45) is 4.15. The zero-order valence-corrected chi connectivity index (χ0v) is 14.7. The first-order valence-corrected chi connectivity index (χ1v) is 8.78. The summed E-state index contributed by atoms with van der Waals surface area (Å²) in [7, 11) is 0. The highest BCUT2D eigenvalue weighted by atomic mass is 16.5. The van der Waals surface area contributed by atoms with Gasteiger partial charge in [0, 0.05) is 32.3 Å². The number of carbonyl (C=O) groups excluding carboxylic acids is 2. The fraction of sp³-hybridized carbons (Fsp3) is 0.500. The fourth-order valence-electron chi connectivity index (χ4n) is 3.19. The highest BCUT2D eigenvalue weighted by Crippen LogP contribution is 2.22. The number of aryl methyl sites for hydroxylation is 1. The van der Waals surface area contributed by atoms with Gasteiger partial charge in [0.25, 0.3) is 5.91 Å². The number of imidazole rings is 1. The van der Waals surface area contributed by atoms with Gasteiger partial charge in [-0.2, -0.15) is 0 Å². The van der Waals surface area contributed by atoms with E-state index in [0.717, 1.165) is 19.4 Å². The molecule has 1 saturated heterocycles. The summed E-state index contributed by atoms with van der Waals surface area (Å²) < 4.78 is 7.34. The van der Waals surface area contributed by atoms with E-state index in [1.807, 2.05) is 37.1 Å². The zero-order valence-electron chi connectivity index (χ0n) is 14.7. The Balaban J connectivity index is 1.64. The highest BCUT2D eigenvalue weighted by molar-refractivity contribution is 5.95. The SMILES string of the molecule is CCOc1cccn2c(C(=O)NCCCN3CCCC3=O)c(C)nc12. The molecule has 2 aromatic rings. The van der Waals surface area contributed by atoms with Gasteiger partial charge in [0.15, 0.2) is 11.4 Å². The molecule has 0 saturated carbocycles. The van der Waals surface area contributed by atoms with E-state index < -0.39 is 0 Å². The van der Waals surface area contributed by atoms with E-state index in [-0.39, 0.29) is 11.8 Å². The monoisotopic (exact) mass is 344 g/mol. The predicted molar refractivity (Wildman–Crippen MR) is 93.9 cm³/mol. The number of nitrogens with zero attached hydrogens (tertiary/aromatic N) is 3. The largest absolute Gasteiger partial charge is 0.490 e. The van der Waals surface area contributed by atoms with Crippen molar-refractivity contribution in [2.75, 3.05) is 26.2 Å². The van der Waals surface area contributed by atoms with Crippen LogP contribution in [0.1, 0.15) is 42.4 Å². The summed E-state index contributed by atoms with van der Waals surface area (Å²) in [6, 6.07) is 3.69. The molecule has 0 spiro atoms. The molecule has 0 aliphatic carbocycles. The van der Waals surface area contributed by atoms with Crippen LogP contribution < -0.4 is 10.1 Å². The van der Waals surface area contributed by atoms with Gasteiger partial charge in [0.2, 0.25) is 5.91 Å². The van der Waals surface area contributed by atoms with Crippen LogP contribution in [0.3, 0.4) is 0 Å². The lowest BCUT2D eigenvalue weighted by molar-refractivity contribution is -0.127. The number of hydrogen-bond donors (Lipinski definition) is 1. The molecule has 0 atom stereocenters. The van der Waals surface area contributed by atoms with E-state index in [1.54, 1.807) is 4.40 Å². The van der Waals surface area contributed by atoms with E-state index in [1.165, 1.54) is 0 Å². The van der Waals surface area contributed by atoms with Crippen LogP contribution in [-0.4, -0.2) is 52.3 Å². The van der Waals surface area contributed by atoms with Crippen molar-refractivity contribution in [1.29, 1.82) is 0 Å². The number of pyridine rings is 1. The number of nitrogens with one attached hydrogen (secondary N) is 1. The number of rotatable bonds is 7. The Morgan fingerprint density at radius 2 is 2.28 bits per heavy atom. The molecular formula is C18H24N4O3. The minimum absolute atomic E-state index is 0.161. The molecule has 1 aliphatic rings. The summed E-state index contributed by atoms with van der Waals surface area (Å²) in [6.45, 7) is 6.33. The second kappa shape index (κ2) is 7.55. The number of hydrogen-bond acceptors (Lipinski definition) is 4. The number of aromatic nitrogens is 2. The van der Waals surface area contributed by atoms with Gasteiger partial charge in [-0.05, 0) is 38.8 Å². The van der Waals surface area contributed by atoms with E-state index in [2.05, 4.69) is 10.3 Å². The first-order chi connectivity index (χ1) is 12.1. The average molecular weight is 344 g/mol. The van der Waals surface area contributed by atoms with Gasteiger partial charge in [-0.1, -0.05) is 0 Å². The third kappa shape index (κ3) is 3.60. The Hall–Kier alpha value is -2.57. The molecule has 3 rings (SSSR count). The quantitative estimate of drug-likeness (QED) is 0.777. The molecule has 7 nitrogen and oxygen atoms in total. The van der Waals surface area contributed by atoms with Gasteiger partial charge in [-0.3, -0.25) is 14.0 Å². The predicted octanol–water partition coefficient (Wildman–Crippen LogP) is 1.78. The number of ether oxygens (including phenoxy) is 1. The maximum Gasteiger partial charge on any atom is 0.270 e. The number of carbonyl (C=O) groups is 2. The van der Waals surface area contributed by atoms with Crippen LogP contribution >= 0.6 is 0 Å². The van der Waals surface area contributed by atoms with Crippen LogP contribution in [0.4, 0.5) is 0 Å². The van der Waals surface area contributed by atoms with Gasteiger partial charge in [-0.15, -0.1) is 0 Å². The van der Waals surface area contributed by atoms with Crippen molar-refractivity contribution < 1.29 is 14.3 Å². The first-order valence-electron chi connectivity index (χ1n) is 8.78. The molecule has 2 aromatic heterocycles. The Kier molecular flexibility index (Phi) is 5.21. The molecule has 0 unspecified atom stereocenters. The molecule has 25 heavy (non-hydrogen) atoms. The van der Waals surface area contributed by atoms with Crippen molar-refractivity contribution in [3.8, 4) is 5.75 Å². The number of amides is 2. The van der Waals surface area contributed by atoms with Gasteiger partial charge in [0.05, 0.1) is 12.3 Å². The first kappa shape index (κ1) is 17.3. The molecule has 3 heterocycles. The van der Waals surface area contributed by atoms with Crippen LogP contribution in [0.2, 0.25) is 0 Å². The van der Waals surface area contributed by atoms with Crippen molar-refractivity contribution in [1.82, 2.24) is 19.6 Å². The van der Waals surface area contributed by atoms with Gasteiger partial charge < -0.3 is 15.0 Å². The Bertz CT molecular complexity index is 784. The van der Waals surface area contributed by atoms with Crippen molar-refractivity contribution in [3.63, 3.8) is 0 Å². The molecule has 2 amide bonds. The average Bonchev–Trinajstić information content (AvgIpc) is 3.15. The van der Waals surface area contributed by atoms with Crippen molar-refractivity contribution in [2.45, 2.75) is 33.1 Å². The molecule has 0 radical (unpaired) electrons. The molecule has 7 heteroatoms. The standard InChI is InChI=1S/C18H24N4O3/c1-3-25-14-7-4-12-22-16(13(2)20-17(14)22)18(24)19-9-6-11-21-10-5-8-15(21)23/h4,7,12H,3,5-6,8-11H2,1-2H3,(H,19,24). The summed E-state index contributed by atoms with van der Waals surface area (Å²) in [5.74, 6) is 0.721. The minimum Gasteiger partial charge on any atom is -0.490 e. The summed E-state index contributed by atoms with van der Waals surface area (Å²) in [5, 5.41) is 2.93. The zero-order chi connectivity index (χ0) is 17.8. The fourth-order valence-corrected chi connectivity index (χ4v) is 3.19. The van der Waals surface area contributed by atoms with Gasteiger partial charge in [-0.25, -0.2) is 4.98 Å². The number of fused-ring (bicyclic) bond motifs is 1. The molecule has 0 aromatic carbocycles. The number of likely N-dealkylation sites (tertiary alicyclic amines) is 1. The second-order valence-corrected chi connectivity index (χ2v) is 6.14. The second-order valence-electron chi connectivity index (χ2n) is 6.14. The molecular weight excluding hydrogens is 320 g/mol. The molecule has 0 bridgehead atoms. The lowest BCUT2D eigenvalue weighted by Gasteiger charge is -2.15. The third-order valence-electron chi connectivity index (χ3n) is 4.37. The van der Waals surface area contributed by atoms with Crippen molar-refractivity contribution in [2.24, 2.45) is 0 Å². The van der Waals surface area contributed by atoms with Crippen LogP contribution in [-0.2, 0) is 4.79 Å². The normalized spacial score (nSPS) is 14.3. The summed E-state index contributed by atoms with van der Waals surface area (Å²) in [4.78, 5) is 30.5. The summed E-state index contributed by atoms with van der Waals surface area (Å²) in [5.41, 5.74) is 1.84. The van der Waals surface area contributed by atoms with E-state index in [0.29, 0.717) is 48.9 Å². The maximum atomic E-state index is 12.6. The van der Waals surface area contributed by atoms with Gasteiger partial charge >= 0.3 is 0 Å². The van der Waals surface area contributed by atoms with Crippen LogP contribution in [0.5, 0.6) is 5.75 Å². The minimum atomic E-state index is -0.161. The smallest absolute Gasteiger partial charge is 0.270 e. The highest BCUT2D eigenvalue weighted by Gasteiger charge is 2.20. The van der Waals surface area contributed by atoms with Crippen LogP contribution in [0.15, 0.2) is 18.3 Å². The van der Waals surface area contributed by atoms with E-state index in [4.69, 9.17) is 4.74 Å². The van der Waals surface area contributed by atoms with E-state index in [9.17, 15) is 9.59 Å². The third-order valence-corrected chi connectivity index (χ3v) is 4.37. The van der Waals surface area contributed by atoms with Crippen LogP contribution in [0.25, 0.3) is 5.65 Å². The van der Waals surface area contributed by atoms with Crippen molar-refractivity contribution >= 4 is 17.5 Å². The Labute approximate surface area is 147 Å². The molecule has 1 fully saturated rings. The lowest BCUT2D eigenvalue weighted by atomic mass is 10.3. The Morgan fingerprint density at radius 1 is 1.44 bits per heavy atom. The van der Waals surface area contributed by atoms with Gasteiger partial charge in [0.1, 0.15) is 5.69 Å². The molecule has 1 aliphatic heterocycles. The molecule has 1 N–H and O–H groups in total. The Morgan fingerprint density at radius 3 is 3.00 bits per heavy atom. The summed E-state index contributed by atoms with van der Waals surface area (Å²) >= 11 is 0. The van der Waals surface area contributed by atoms with Crippen molar-refractivity contribution in [3.05, 3.63) is 29.7 Å².